The molecule has 4 heterocycles. The molecule has 0 atom stereocenters. The quantitative estimate of drug-likeness (QED) is 0.234. The minimum atomic E-state index is -1.65. The molecule has 1 aromatic carbocycles. The minimum absolute atomic E-state index is 0.124. The highest BCUT2D eigenvalue weighted by atomic mass is 28.3. The van der Waals surface area contributed by atoms with Crippen molar-refractivity contribution in [2.75, 3.05) is 52.0 Å². The maximum Gasteiger partial charge on any atom is 0.319 e. The van der Waals surface area contributed by atoms with Crippen LogP contribution in [-0.4, -0.2) is 76.7 Å². The zero-order valence-corrected chi connectivity index (χ0v) is 24.0. The van der Waals surface area contributed by atoms with Crippen molar-refractivity contribution in [1.82, 2.24) is 14.9 Å². The standard InChI is InChI=1S/C27H32F3N4O6Si/c1-36-27(14-39-15-27)18-10-34(16-37-6-7-41(2)3)24-22(18)21(4-5-31-24)40-23-19(28)8-17(9-20(23)29)33-25(35)32-11-26(30)12-38-13-26/h4-5,8-10H,6-7,11-16H2,1-3H3,(H2,32,33,35). The molecular formula is C27H32F3N4O6Si. The van der Waals surface area contributed by atoms with Crippen molar-refractivity contribution in [2.24, 2.45) is 0 Å². The van der Waals surface area contributed by atoms with E-state index in [9.17, 15) is 9.18 Å². The number of hydrogen-bond donors (Lipinski definition) is 2. The molecule has 0 aliphatic carbocycles. The molecule has 0 spiro atoms. The molecule has 2 saturated heterocycles. The number of rotatable bonds is 12. The Labute approximate surface area is 236 Å². The van der Waals surface area contributed by atoms with Gasteiger partial charge in [0.25, 0.3) is 0 Å². The van der Waals surface area contributed by atoms with Gasteiger partial charge in [-0.05, 0) is 12.1 Å². The number of amides is 2. The molecule has 2 fully saturated rings. The van der Waals surface area contributed by atoms with Gasteiger partial charge in [-0.3, -0.25) is 0 Å². The number of halogens is 3. The molecular weight excluding hydrogens is 561 g/mol. The Morgan fingerprint density at radius 3 is 2.46 bits per heavy atom. The van der Waals surface area contributed by atoms with Gasteiger partial charge < -0.3 is 38.9 Å². The summed E-state index contributed by atoms with van der Waals surface area (Å²) in [6, 6.07) is 3.53. The van der Waals surface area contributed by atoms with Gasteiger partial charge in [-0.25, -0.2) is 22.9 Å². The maximum atomic E-state index is 15.1. The van der Waals surface area contributed by atoms with Crippen LogP contribution >= 0.6 is 0 Å². The Bertz CT molecular complexity index is 1380. The molecule has 14 heteroatoms. The van der Waals surface area contributed by atoms with Crippen LogP contribution in [0.25, 0.3) is 11.0 Å². The van der Waals surface area contributed by atoms with Crippen LogP contribution in [0.1, 0.15) is 5.56 Å². The Balaban J connectivity index is 1.40. The number of aromatic nitrogens is 2. The maximum absolute atomic E-state index is 15.1. The number of carbonyl (C=O) groups excluding carboxylic acids is 1. The summed E-state index contributed by atoms with van der Waals surface area (Å²) in [7, 11) is 1.13. The van der Waals surface area contributed by atoms with Gasteiger partial charge >= 0.3 is 6.03 Å². The van der Waals surface area contributed by atoms with Crippen molar-refractivity contribution >= 4 is 31.5 Å². The number of benzene rings is 1. The van der Waals surface area contributed by atoms with Crippen LogP contribution in [0.5, 0.6) is 11.5 Å². The fourth-order valence-electron chi connectivity index (χ4n) is 4.50. The minimum Gasteiger partial charge on any atom is -0.450 e. The molecule has 41 heavy (non-hydrogen) atoms. The Morgan fingerprint density at radius 1 is 1.17 bits per heavy atom. The Morgan fingerprint density at radius 2 is 1.88 bits per heavy atom. The molecule has 2 amide bonds. The Hall–Kier alpha value is -3.17. The van der Waals surface area contributed by atoms with Crippen LogP contribution in [0.4, 0.5) is 23.7 Å². The van der Waals surface area contributed by atoms with E-state index in [2.05, 4.69) is 28.7 Å². The van der Waals surface area contributed by atoms with Gasteiger partial charge in [0.1, 0.15) is 23.7 Å². The largest absolute Gasteiger partial charge is 0.450 e. The van der Waals surface area contributed by atoms with E-state index in [1.54, 1.807) is 7.11 Å². The lowest BCUT2D eigenvalue weighted by atomic mass is 9.91. The fourth-order valence-corrected chi connectivity index (χ4v) is 5.06. The zero-order valence-electron chi connectivity index (χ0n) is 23.0. The van der Waals surface area contributed by atoms with E-state index in [0.717, 1.165) is 18.2 Å². The lowest BCUT2D eigenvalue weighted by molar-refractivity contribution is -0.201. The number of methoxy groups -OCH3 is 1. The molecule has 5 rings (SSSR count). The number of pyridine rings is 1. The average molecular weight is 594 g/mol. The predicted molar refractivity (Wildman–Crippen MR) is 146 cm³/mol. The number of ether oxygens (including phenoxy) is 5. The van der Waals surface area contributed by atoms with Gasteiger partial charge in [0.2, 0.25) is 0 Å². The number of urea groups is 1. The topological polar surface area (TPSA) is 105 Å². The summed E-state index contributed by atoms with van der Waals surface area (Å²) in [6.07, 6.45) is 3.32. The van der Waals surface area contributed by atoms with Crippen LogP contribution in [0, 0.1) is 11.6 Å². The first-order valence-corrected chi connectivity index (χ1v) is 15.8. The molecule has 2 aromatic heterocycles. The highest BCUT2D eigenvalue weighted by Gasteiger charge is 2.44. The van der Waals surface area contributed by atoms with Crippen molar-refractivity contribution in [3.8, 4) is 11.5 Å². The van der Waals surface area contributed by atoms with Gasteiger partial charge in [0.15, 0.2) is 23.1 Å². The third kappa shape index (κ3) is 6.21. The number of nitrogens with zero attached hydrogens (tertiary/aromatic N) is 2. The number of fused-ring (bicyclic) bond motifs is 1. The second kappa shape index (κ2) is 12.0. The van der Waals surface area contributed by atoms with Gasteiger partial charge in [-0.1, -0.05) is 13.1 Å². The van der Waals surface area contributed by atoms with Crippen molar-refractivity contribution in [3.63, 3.8) is 0 Å². The van der Waals surface area contributed by atoms with Crippen LogP contribution in [0.15, 0.2) is 30.6 Å². The molecule has 0 saturated carbocycles. The van der Waals surface area contributed by atoms with Crippen LogP contribution in [-0.2, 0) is 31.3 Å². The van der Waals surface area contributed by atoms with E-state index in [0.29, 0.717) is 23.2 Å². The van der Waals surface area contributed by atoms with E-state index in [1.165, 1.54) is 12.3 Å². The first kappa shape index (κ1) is 29.3. The number of hydrogen-bond acceptors (Lipinski definition) is 7. The van der Waals surface area contributed by atoms with Gasteiger partial charge in [-0.2, -0.15) is 0 Å². The molecule has 2 aliphatic rings. The number of alkyl halides is 1. The monoisotopic (exact) mass is 593 g/mol. The number of carbonyl (C=O) groups is 1. The molecule has 0 bridgehead atoms. The molecule has 0 unspecified atom stereocenters. The molecule has 1 radical (unpaired) electrons. The summed E-state index contributed by atoms with van der Waals surface area (Å²) >= 11 is 0. The van der Waals surface area contributed by atoms with Crippen molar-refractivity contribution in [1.29, 1.82) is 0 Å². The summed E-state index contributed by atoms with van der Waals surface area (Å²) in [4.78, 5) is 16.6. The van der Waals surface area contributed by atoms with E-state index < -0.39 is 43.5 Å². The van der Waals surface area contributed by atoms with Crippen LogP contribution in [0.2, 0.25) is 19.1 Å². The smallest absolute Gasteiger partial charge is 0.319 e. The number of anilines is 1. The van der Waals surface area contributed by atoms with Crippen molar-refractivity contribution in [3.05, 3.63) is 47.8 Å². The average Bonchev–Trinajstić information content (AvgIpc) is 3.25. The summed E-state index contributed by atoms with van der Waals surface area (Å²) in [5.41, 5.74) is -1.40. The SMILES string of the molecule is COC1(c2cn(COCC[Si](C)C)c3nccc(Oc4c(F)cc(NC(=O)NCC5(F)COC5)cc4F)c23)COC1. The summed E-state index contributed by atoms with van der Waals surface area (Å²) in [5, 5.41) is 5.14. The second-order valence-electron chi connectivity index (χ2n) is 10.5. The fraction of sp³-hybridized carbons (Fsp3) is 0.481. The summed E-state index contributed by atoms with van der Waals surface area (Å²) in [6.45, 7) is 5.29. The zero-order chi connectivity index (χ0) is 29.2. The van der Waals surface area contributed by atoms with E-state index >= 15 is 8.78 Å². The summed E-state index contributed by atoms with van der Waals surface area (Å²) < 4.78 is 73.9. The summed E-state index contributed by atoms with van der Waals surface area (Å²) in [5.74, 6) is -2.60. The Kier molecular flexibility index (Phi) is 8.57. The van der Waals surface area contributed by atoms with Gasteiger partial charge in [0, 0.05) is 58.3 Å². The van der Waals surface area contributed by atoms with Crippen molar-refractivity contribution < 1.29 is 41.7 Å². The number of nitrogens with one attached hydrogen (secondary N) is 2. The predicted octanol–water partition coefficient (Wildman–Crippen LogP) is 4.57. The molecule has 2 N–H and O–H groups in total. The van der Waals surface area contributed by atoms with Gasteiger partial charge in [-0.15, -0.1) is 0 Å². The lowest BCUT2D eigenvalue weighted by Gasteiger charge is -2.40. The highest BCUT2D eigenvalue weighted by molar-refractivity contribution is 6.55. The lowest BCUT2D eigenvalue weighted by Crippen LogP contribution is -2.54. The van der Waals surface area contributed by atoms with E-state index in [1.807, 2.05) is 10.8 Å². The second-order valence-corrected chi connectivity index (χ2v) is 13.4. The van der Waals surface area contributed by atoms with Crippen molar-refractivity contribution in [2.45, 2.75) is 37.1 Å². The normalized spacial score (nSPS) is 17.2. The van der Waals surface area contributed by atoms with Gasteiger partial charge in [0.05, 0.1) is 38.4 Å². The molecule has 2 aliphatic heterocycles. The third-order valence-electron chi connectivity index (χ3n) is 7.00. The highest BCUT2D eigenvalue weighted by Crippen LogP contribution is 2.43. The van der Waals surface area contributed by atoms with E-state index in [-0.39, 0.29) is 51.1 Å². The van der Waals surface area contributed by atoms with E-state index in [4.69, 9.17) is 23.7 Å². The first-order valence-electron chi connectivity index (χ1n) is 13.1. The molecule has 3 aromatic rings. The first-order chi connectivity index (χ1) is 19.6. The molecule has 221 valence electrons. The van der Waals surface area contributed by atoms with Crippen LogP contribution < -0.4 is 15.4 Å². The third-order valence-corrected chi connectivity index (χ3v) is 8.21. The molecule has 10 nitrogen and oxygen atoms in total. The van der Waals surface area contributed by atoms with Crippen LogP contribution in [0.3, 0.4) is 0 Å².